The van der Waals surface area contributed by atoms with E-state index in [1.807, 2.05) is 0 Å². The maximum atomic E-state index is 15.0. The normalized spacial score (nSPS) is 11.3. The SMILES string of the molecule is COc1c(F)c(F)c(F)c(B(c2c(F)c(F)c(C)c(F)c2F)c2c(F)c(F)c(C)c(F)c2F)c1F. The number of hydrogen-bond acceptors (Lipinski definition) is 1. The molecular formula is C21H9BF12O. The lowest BCUT2D eigenvalue weighted by atomic mass is 9.35. The molecule has 3 rings (SSSR count). The van der Waals surface area contributed by atoms with Gasteiger partial charge < -0.3 is 4.74 Å². The lowest BCUT2D eigenvalue weighted by molar-refractivity contribution is 0.338. The fraction of sp³-hybridized carbons (Fsp3) is 0.143. The summed E-state index contributed by atoms with van der Waals surface area (Å²) in [4.78, 5) is 0. The van der Waals surface area contributed by atoms with Crippen molar-refractivity contribution in [3.63, 3.8) is 0 Å². The average molecular weight is 516 g/mol. The number of halogens is 12. The number of rotatable bonds is 4. The Balaban J connectivity index is 2.69. The highest BCUT2D eigenvalue weighted by Crippen LogP contribution is 2.27. The van der Waals surface area contributed by atoms with Gasteiger partial charge in [-0.05, 0) is 13.8 Å². The van der Waals surface area contributed by atoms with Crippen LogP contribution in [0.15, 0.2) is 0 Å². The minimum atomic E-state index is -3.46. The van der Waals surface area contributed by atoms with E-state index in [0.29, 0.717) is 21.0 Å². The van der Waals surface area contributed by atoms with Gasteiger partial charge in [0.05, 0.1) is 7.11 Å². The van der Waals surface area contributed by atoms with E-state index in [1.54, 1.807) is 0 Å². The van der Waals surface area contributed by atoms with Crippen LogP contribution in [0.5, 0.6) is 5.75 Å². The van der Waals surface area contributed by atoms with E-state index < -0.39 is 110 Å². The highest BCUT2D eigenvalue weighted by molar-refractivity contribution is 6.95. The number of benzene rings is 3. The van der Waals surface area contributed by atoms with Gasteiger partial charge in [0.2, 0.25) is 5.82 Å². The summed E-state index contributed by atoms with van der Waals surface area (Å²) in [6, 6.07) is 0. The van der Waals surface area contributed by atoms with Gasteiger partial charge in [0, 0.05) is 27.5 Å². The van der Waals surface area contributed by atoms with Crippen LogP contribution in [0.2, 0.25) is 0 Å². The van der Waals surface area contributed by atoms with Crippen molar-refractivity contribution in [3.05, 3.63) is 80.9 Å². The van der Waals surface area contributed by atoms with E-state index in [2.05, 4.69) is 4.74 Å². The molecule has 0 aliphatic carbocycles. The summed E-state index contributed by atoms with van der Waals surface area (Å²) >= 11 is 0. The molecular weight excluding hydrogens is 507 g/mol. The molecule has 186 valence electrons. The van der Waals surface area contributed by atoms with Gasteiger partial charge in [-0.1, -0.05) is 0 Å². The van der Waals surface area contributed by atoms with Crippen LogP contribution >= 0.6 is 0 Å². The fourth-order valence-electron chi connectivity index (χ4n) is 3.52. The monoisotopic (exact) mass is 516 g/mol. The molecule has 0 fully saturated rings. The second-order valence-electron chi connectivity index (χ2n) is 7.23. The van der Waals surface area contributed by atoms with Gasteiger partial charge in [-0.2, -0.15) is 4.39 Å². The van der Waals surface area contributed by atoms with Crippen LogP contribution in [0, 0.1) is 83.7 Å². The molecule has 0 aromatic heterocycles. The Morgan fingerprint density at radius 1 is 0.400 bits per heavy atom. The van der Waals surface area contributed by atoms with Crippen LogP contribution in [-0.2, 0) is 0 Å². The van der Waals surface area contributed by atoms with Crippen molar-refractivity contribution < 1.29 is 57.4 Å². The van der Waals surface area contributed by atoms with Gasteiger partial charge in [-0.15, -0.1) is 0 Å². The smallest absolute Gasteiger partial charge is 0.265 e. The Morgan fingerprint density at radius 2 is 0.686 bits per heavy atom. The van der Waals surface area contributed by atoms with Crippen molar-refractivity contribution in [3.8, 4) is 5.75 Å². The number of ether oxygens (including phenoxy) is 1. The Hall–Kier alpha value is -3.32. The van der Waals surface area contributed by atoms with Crippen LogP contribution < -0.4 is 21.1 Å². The lowest BCUT2D eigenvalue weighted by Gasteiger charge is -2.22. The standard InChI is InChI=1S/C21H9BF12O/c1-4-9(23)13(27)6(14(28)10(4)24)22(7-15(29)11(25)5(2)12(26)16(7)30)8-17(31)19(33)20(34)21(35-3)18(8)32/h1-3H3. The third-order valence-corrected chi connectivity index (χ3v) is 5.36. The largest absolute Gasteiger partial charge is 0.491 e. The van der Waals surface area contributed by atoms with E-state index in [1.165, 1.54) is 0 Å². The molecule has 35 heavy (non-hydrogen) atoms. The highest BCUT2D eigenvalue weighted by Gasteiger charge is 2.44. The minimum absolute atomic E-state index is 0.510. The van der Waals surface area contributed by atoms with Gasteiger partial charge >= 0.3 is 0 Å². The Labute approximate surface area is 189 Å². The number of methoxy groups -OCH3 is 1. The maximum Gasteiger partial charge on any atom is 0.265 e. The molecule has 0 amide bonds. The third kappa shape index (κ3) is 3.69. The zero-order chi connectivity index (χ0) is 26.7. The second-order valence-corrected chi connectivity index (χ2v) is 7.23. The predicted molar refractivity (Wildman–Crippen MR) is 99.5 cm³/mol. The van der Waals surface area contributed by atoms with Crippen LogP contribution in [-0.4, -0.2) is 13.8 Å². The van der Waals surface area contributed by atoms with Crippen molar-refractivity contribution in [1.82, 2.24) is 0 Å². The van der Waals surface area contributed by atoms with Crippen molar-refractivity contribution in [1.29, 1.82) is 0 Å². The van der Waals surface area contributed by atoms with E-state index >= 15 is 4.39 Å². The number of hydrogen-bond donors (Lipinski definition) is 0. The summed E-state index contributed by atoms with van der Waals surface area (Å²) in [5, 5.41) is 0. The Bertz CT molecular complexity index is 1260. The van der Waals surface area contributed by atoms with E-state index in [-0.39, 0.29) is 0 Å². The van der Waals surface area contributed by atoms with Crippen molar-refractivity contribution in [2.45, 2.75) is 13.8 Å². The summed E-state index contributed by atoms with van der Waals surface area (Å²) in [6.45, 7) is -2.43. The quantitative estimate of drug-likeness (QED) is 0.215. The van der Waals surface area contributed by atoms with Gasteiger partial charge in [0.15, 0.2) is 69.7 Å². The van der Waals surface area contributed by atoms with Crippen molar-refractivity contribution in [2.75, 3.05) is 7.11 Å². The molecule has 0 aliphatic rings. The molecule has 0 aliphatic heterocycles. The zero-order valence-electron chi connectivity index (χ0n) is 17.5. The van der Waals surface area contributed by atoms with E-state index in [4.69, 9.17) is 0 Å². The molecule has 0 heterocycles. The first-order valence-corrected chi connectivity index (χ1v) is 9.25. The second kappa shape index (κ2) is 9.04. The first kappa shape index (κ1) is 26.3. The molecule has 0 spiro atoms. The molecule has 3 aromatic carbocycles. The zero-order valence-corrected chi connectivity index (χ0v) is 17.5. The fourth-order valence-corrected chi connectivity index (χ4v) is 3.52. The van der Waals surface area contributed by atoms with Crippen molar-refractivity contribution in [2.24, 2.45) is 0 Å². The lowest BCUT2D eigenvalue weighted by Crippen LogP contribution is -2.60. The van der Waals surface area contributed by atoms with E-state index in [9.17, 15) is 48.3 Å². The summed E-state index contributed by atoms with van der Waals surface area (Å²) < 4.78 is 179. The van der Waals surface area contributed by atoms with Crippen LogP contribution in [0.1, 0.15) is 11.1 Å². The molecule has 0 atom stereocenters. The van der Waals surface area contributed by atoms with Crippen molar-refractivity contribution >= 4 is 23.1 Å². The van der Waals surface area contributed by atoms with Gasteiger partial charge in [-0.25, -0.2) is 48.3 Å². The topological polar surface area (TPSA) is 9.23 Å². The highest BCUT2D eigenvalue weighted by atomic mass is 19.2. The molecule has 0 bridgehead atoms. The molecule has 0 saturated heterocycles. The predicted octanol–water partition coefficient (Wildman–Crippen LogP) is 4.50. The molecule has 3 aromatic rings. The molecule has 0 N–H and O–H groups in total. The maximum absolute atomic E-state index is 15.0. The molecule has 0 unspecified atom stereocenters. The summed E-state index contributed by atoms with van der Waals surface area (Å²) in [5.41, 5.74) is -9.21. The Morgan fingerprint density at radius 3 is 1.00 bits per heavy atom. The van der Waals surface area contributed by atoms with Crippen LogP contribution in [0.25, 0.3) is 0 Å². The molecule has 14 heteroatoms. The first-order valence-electron chi connectivity index (χ1n) is 9.25. The van der Waals surface area contributed by atoms with Gasteiger partial charge in [0.25, 0.3) is 6.71 Å². The minimum Gasteiger partial charge on any atom is -0.491 e. The van der Waals surface area contributed by atoms with Crippen LogP contribution in [0.4, 0.5) is 52.7 Å². The Kier molecular flexibility index (Phi) is 6.79. The van der Waals surface area contributed by atoms with Gasteiger partial charge in [0.1, 0.15) is 0 Å². The summed E-state index contributed by atoms with van der Waals surface area (Å²) in [6.07, 6.45) is 0. The first-order chi connectivity index (χ1) is 16.2. The molecule has 1 nitrogen and oxygen atoms in total. The third-order valence-electron chi connectivity index (χ3n) is 5.36. The molecule has 0 saturated carbocycles. The van der Waals surface area contributed by atoms with Crippen LogP contribution in [0.3, 0.4) is 0 Å². The summed E-state index contributed by atoms with van der Waals surface area (Å²) in [7, 11) is 0.510. The van der Waals surface area contributed by atoms with Gasteiger partial charge in [-0.3, -0.25) is 0 Å². The summed E-state index contributed by atoms with van der Waals surface area (Å²) in [5.74, 6) is -30.6. The average Bonchev–Trinajstić information content (AvgIpc) is 2.82. The van der Waals surface area contributed by atoms with E-state index in [0.717, 1.165) is 0 Å². The molecule has 0 radical (unpaired) electrons.